The van der Waals surface area contributed by atoms with Crippen molar-refractivity contribution in [2.45, 2.75) is 18.9 Å². The van der Waals surface area contributed by atoms with Gasteiger partial charge in [0.05, 0.1) is 16.5 Å². The Morgan fingerprint density at radius 2 is 1.77 bits per heavy atom. The van der Waals surface area contributed by atoms with Crippen LogP contribution >= 0.6 is 0 Å². The summed E-state index contributed by atoms with van der Waals surface area (Å²) in [5, 5.41) is 30.9. The van der Waals surface area contributed by atoms with E-state index in [0.29, 0.717) is 5.56 Å². The number of aliphatic carboxylic acids is 1. The number of carboxylic acids is 1. The van der Waals surface area contributed by atoms with Crippen LogP contribution in [0.25, 0.3) is 5.76 Å². The molecule has 0 saturated carbocycles. The fraction of sp³-hybridized carbons (Fsp3) is 0.190. The Bertz CT molecular complexity index is 1050. The lowest BCUT2D eigenvalue weighted by molar-refractivity contribution is -0.384. The maximum absolute atomic E-state index is 12.8. The second-order valence-corrected chi connectivity index (χ2v) is 6.71. The van der Waals surface area contributed by atoms with Gasteiger partial charge in [-0.25, -0.2) is 0 Å². The molecule has 30 heavy (non-hydrogen) atoms. The molecule has 0 spiro atoms. The number of nitro groups is 1. The quantitative estimate of drug-likeness (QED) is 0.235. The summed E-state index contributed by atoms with van der Waals surface area (Å²) in [4.78, 5) is 48.0. The van der Waals surface area contributed by atoms with Crippen molar-refractivity contribution in [2.24, 2.45) is 0 Å². The van der Waals surface area contributed by atoms with Crippen LogP contribution in [0.5, 0.6) is 0 Å². The number of Topliss-reactive ketones (excluding diaryl/α,β-unsaturated/α-hetero) is 1. The molecular weight excluding hydrogens is 392 g/mol. The first-order valence-corrected chi connectivity index (χ1v) is 9.11. The lowest BCUT2D eigenvalue weighted by atomic mass is 9.95. The van der Waals surface area contributed by atoms with Crippen molar-refractivity contribution in [3.8, 4) is 0 Å². The van der Waals surface area contributed by atoms with Crippen LogP contribution in [0.1, 0.15) is 30.0 Å². The average Bonchev–Trinajstić information content (AvgIpc) is 2.98. The lowest BCUT2D eigenvalue weighted by Gasteiger charge is -2.25. The molecule has 3 rings (SSSR count). The van der Waals surface area contributed by atoms with Crippen molar-refractivity contribution < 1.29 is 29.5 Å². The van der Waals surface area contributed by atoms with Crippen molar-refractivity contribution in [2.75, 3.05) is 6.54 Å². The third-order valence-corrected chi connectivity index (χ3v) is 4.77. The predicted octanol–water partition coefficient (Wildman–Crippen LogP) is 2.88. The predicted molar refractivity (Wildman–Crippen MR) is 105 cm³/mol. The second kappa shape index (κ2) is 8.56. The van der Waals surface area contributed by atoms with Crippen LogP contribution in [0.2, 0.25) is 0 Å². The summed E-state index contributed by atoms with van der Waals surface area (Å²) in [6.07, 6.45) is -0.136. The van der Waals surface area contributed by atoms with Gasteiger partial charge < -0.3 is 15.1 Å². The van der Waals surface area contributed by atoms with Gasteiger partial charge in [-0.1, -0.05) is 42.5 Å². The van der Waals surface area contributed by atoms with Gasteiger partial charge in [-0.2, -0.15) is 0 Å². The molecule has 2 aromatic rings. The first-order chi connectivity index (χ1) is 14.3. The Labute approximate surface area is 171 Å². The number of benzene rings is 2. The fourth-order valence-corrected chi connectivity index (χ4v) is 3.42. The molecule has 1 aliphatic heterocycles. The van der Waals surface area contributed by atoms with Gasteiger partial charge in [0.1, 0.15) is 5.76 Å². The number of nitrogens with zero attached hydrogens (tertiary/aromatic N) is 2. The molecule has 1 amide bonds. The van der Waals surface area contributed by atoms with E-state index in [9.17, 15) is 29.6 Å². The number of ketones is 1. The minimum Gasteiger partial charge on any atom is -0.507 e. The molecule has 154 valence electrons. The Kier molecular flexibility index (Phi) is 5.91. The molecular formula is C21H18N2O7. The van der Waals surface area contributed by atoms with Crippen molar-refractivity contribution in [1.82, 2.24) is 4.90 Å². The van der Waals surface area contributed by atoms with Crippen molar-refractivity contribution >= 4 is 29.1 Å². The molecule has 9 heteroatoms. The van der Waals surface area contributed by atoms with Crippen LogP contribution in [-0.4, -0.2) is 44.2 Å². The van der Waals surface area contributed by atoms with E-state index in [4.69, 9.17) is 5.11 Å². The molecule has 1 aliphatic rings. The first-order valence-electron chi connectivity index (χ1n) is 9.11. The van der Waals surface area contributed by atoms with E-state index >= 15 is 0 Å². The molecule has 1 saturated heterocycles. The summed E-state index contributed by atoms with van der Waals surface area (Å²) in [5.41, 5.74) is 0.165. The van der Waals surface area contributed by atoms with E-state index in [1.54, 1.807) is 30.3 Å². The Morgan fingerprint density at radius 1 is 1.07 bits per heavy atom. The standard InChI is InChI=1S/C21H18N2O7/c24-16(25)10-5-11-22-18(14-8-4-9-15(12-14)23(29)30)17(20(27)21(22)28)19(26)13-6-2-1-3-7-13/h1-4,6-9,12,18,26H,5,10-11H2,(H,24,25)/t18-/m0/s1. The molecule has 0 aromatic heterocycles. The van der Waals surface area contributed by atoms with Gasteiger partial charge in [-0.05, 0) is 12.0 Å². The number of rotatable bonds is 7. The highest BCUT2D eigenvalue weighted by Gasteiger charge is 2.46. The molecule has 0 bridgehead atoms. The largest absolute Gasteiger partial charge is 0.507 e. The van der Waals surface area contributed by atoms with Crippen LogP contribution in [0.3, 0.4) is 0 Å². The van der Waals surface area contributed by atoms with Crippen molar-refractivity contribution in [3.05, 3.63) is 81.4 Å². The van der Waals surface area contributed by atoms with E-state index in [0.717, 1.165) is 4.90 Å². The molecule has 1 atom stereocenters. The summed E-state index contributed by atoms with van der Waals surface area (Å²) in [6, 6.07) is 12.5. The van der Waals surface area contributed by atoms with Crippen LogP contribution < -0.4 is 0 Å². The van der Waals surface area contributed by atoms with Crippen LogP contribution in [0.4, 0.5) is 5.69 Å². The molecule has 2 N–H and O–H groups in total. The summed E-state index contributed by atoms with van der Waals surface area (Å²) in [7, 11) is 0. The van der Waals surface area contributed by atoms with Gasteiger partial charge in [0.15, 0.2) is 0 Å². The molecule has 2 aromatic carbocycles. The minimum absolute atomic E-state index is 0.0597. The van der Waals surface area contributed by atoms with Gasteiger partial charge in [0.2, 0.25) is 0 Å². The Balaban J connectivity index is 2.13. The van der Waals surface area contributed by atoms with Crippen LogP contribution in [0, 0.1) is 10.1 Å². The molecule has 1 fully saturated rings. The zero-order valence-electron chi connectivity index (χ0n) is 15.7. The number of hydrogen-bond acceptors (Lipinski definition) is 6. The van der Waals surface area contributed by atoms with E-state index in [1.807, 2.05) is 0 Å². The number of nitro benzene ring substituents is 1. The van der Waals surface area contributed by atoms with Gasteiger partial charge in [0.25, 0.3) is 17.4 Å². The van der Waals surface area contributed by atoms with E-state index in [-0.39, 0.29) is 36.2 Å². The number of non-ortho nitro benzene ring substituents is 1. The third-order valence-electron chi connectivity index (χ3n) is 4.77. The smallest absolute Gasteiger partial charge is 0.303 e. The molecule has 0 aliphatic carbocycles. The van der Waals surface area contributed by atoms with E-state index in [2.05, 4.69) is 0 Å². The number of carbonyl (C=O) groups excluding carboxylic acids is 2. The zero-order valence-corrected chi connectivity index (χ0v) is 15.7. The lowest BCUT2D eigenvalue weighted by Crippen LogP contribution is -2.31. The maximum atomic E-state index is 12.8. The van der Waals surface area contributed by atoms with Gasteiger partial charge in [-0.15, -0.1) is 0 Å². The summed E-state index contributed by atoms with van der Waals surface area (Å²) < 4.78 is 0. The number of aliphatic hydroxyl groups is 1. The Morgan fingerprint density at radius 3 is 2.40 bits per heavy atom. The monoisotopic (exact) mass is 410 g/mol. The number of likely N-dealkylation sites (tertiary alicyclic amines) is 1. The number of carboxylic acid groups (broad SMARTS) is 1. The topological polar surface area (TPSA) is 138 Å². The van der Waals surface area contributed by atoms with Gasteiger partial charge in [-0.3, -0.25) is 24.5 Å². The number of amides is 1. The number of carbonyl (C=O) groups is 3. The molecule has 0 radical (unpaired) electrons. The highest BCUT2D eigenvalue weighted by Crippen LogP contribution is 2.40. The number of hydrogen-bond donors (Lipinski definition) is 2. The molecule has 9 nitrogen and oxygen atoms in total. The number of aliphatic hydroxyl groups excluding tert-OH is 1. The van der Waals surface area contributed by atoms with Crippen LogP contribution in [0.15, 0.2) is 60.2 Å². The first kappa shape index (κ1) is 20.7. The van der Waals surface area contributed by atoms with Crippen LogP contribution in [-0.2, 0) is 14.4 Å². The summed E-state index contributed by atoms with van der Waals surface area (Å²) in [6.45, 7) is -0.0597. The third kappa shape index (κ3) is 4.04. The normalized spacial score (nSPS) is 17.9. The minimum atomic E-state index is -1.07. The fourth-order valence-electron chi connectivity index (χ4n) is 3.42. The van der Waals surface area contributed by atoms with E-state index in [1.165, 1.54) is 24.3 Å². The van der Waals surface area contributed by atoms with Gasteiger partial charge >= 0.3 is 5.97 Å². The van der Waals surface area contributed by atoms with Crippen molar-refractivity contribution in [1.29, 1.82) is 0 Å². The maximum Gasteiger partial charge on any atom is 0.303 e. The average molecular weight is 410 g/mol. The molecule has 0 unspecified atom stereocenters. The highest BCUT2D eigenvalue weighted by atomic mass is 16.6. The summed E-state index contributed by atoms with van der Waals surface area (Å²) in [5.74, 6) is -3.27. The van der Waals surface area contributed by atoms with Crippen molar-refractivity contribution in [3.63, 3.8) is 0 Å². The molecule has 1 heterocycles. The highest BCUT2D eigenvalue weighted by molar-refractivity contribution is 6.46. The van der Waals surface area contributed by atoms with Gasteiger partial charge in [0, 0.05) is 30.7 Å². The summed E-state index contributed by atoms with van der Waals surface area (Å²) >= 11 is 0. The Hall–Kier alpha value is -4.01. The zero-order chi connectivity index (χ0) is 21.8. The SMILES string of the molecule is O=C(O)CCCN1C(=O)C(=O)C(=C(O)c2ccccc2)[C@@H]1c1cccc([N+](=O)[O-])c1. The second-order valence-electron chi connectivity index (χ2n) is 6.71. The van der Waals surface area contributed by atoms with E-state index < -0.39 is 34.4 Å².